The SMILES string of the molecule is COc1cccc2c1OC1(CCN(C)CC1)N1N=C(c3ccccc3O)CC21. The minimum Gasteiger partial charge on any atom is -0.507 e. The lowest BCUT2D eigenvalue weighted by atomic mass is 9.90. The van der Waals surface area contributed by atoms with Crippen LogP contribution in [0.4, 0.5) is 0 Å². The van der Waals surface area contributed by atoms with Crippen LogP contribution in [-0.4, -0.2) is 53.7 Å². The summed E-state index contributed by atoms with van der Waals surface area (Å²) in [7, 11) is 3.83. The summed E-state index contributed by atoms with van der Waals surface area (Å²) in [6.07, 6.45) is 2.47. The van der Waals surface area contributed by atoms with Crippen molar-refractivity contribution >= 4 is 5.71 Å². The number of likely N-dealkylation sites (tertiary alicyclic amines) is 1. The number of hydrazone groups is 1. The Morgan fingerprint density at radius 3 is 2.68 bits per heavy atom. The monoisotopic (exact) mass is 379 g/mol. The van der Waals surface area contributed by atoms with Crippen LogP contribution in [0.15, 0.2) is 47.6 Å². The molecular weight excluding hydrogens is 354 g/mol. The molecular formula is C22H25N3O3. The summed E-state index contributed by atoms with van der Waals surface area (Å²) in [4.78, 5) is 2.32. The fourth-order valence-electron chi connectivity index (χ4n) is 4.61. The number of nitrogens with zero attached hydrogens (tertiary/aromatic N) is 3. The first-order valence-electron chi connectivity index (χ1n) is 9.81. The molecule has 6 heteroatoms. The van der Waals surface area contributed by atoms with E-state index in [4.69, 9.17) is 14.6 Å². The zero-order valence-electron chi connectivity index (χ0n) is 16.3. The van der Waals surface area contributed by atoms with Gasteiger partial charge in [0.1, 0.15) is 5.75 Å². The molecule has 0 amide bonds. The van der Waals surface area contributed by atoms with Gasteiger partial charge in [-0.25, -0.2) is 5.01 Å². The molecule has 1 fully saturated rings. The van der Waals surface area contributed by atoms with Crippen molar-refractivity contribution in [1.29, 1.82) is 0 Å². The Balaban J connectivity index is 1.62. The first kappa shape index (κ1) is 17.4. The van der Waals surface area contributed by atoms with E-state index in [1.165, 1.54) is 0 Å². The summed E-state index contributed by atoms with van der Waals surface area (Å²) in [6.45, 7) is 1.91. The lowest BCUT2D eigenvalue weighted by molar-refractivity contribution is -0.148. The number of hydrogen-bond donors (Lipinski definition) is 1. The molecule has 2 aromatic carbocycles. The van der Waals surface area contributed by atoms with Gasteiger partial charge in [-0.15, -0.1) is 0 Å². The molecule has 28 heavy (non-hydrogen) atoms. The van der Waals surface area contributed by atoms with Crippen molar-refractivity contribution in [2.45, 2.75) is 31.0 Å². The Morgan fingerprint density at radius 2 is 1.93 bits per heavy atom. The highest BCUT2D eigenvalue weighted by molar-refractivity contribution is 6.04. The Labute approximate surface area is 165 Å². The van der Waals surface area contributed by atoms with Gasteiger partial charge in [-0.05, 0) is 25.2 Å². The van der Waals surface area contributed by atoms with Crippen molar-refractivity contribution in [3.05, 3.63) is 53.6 Å². The van der Waals surface area contributed by atoms with Gasteiger partial charge < -0.3 is 19.5 Å². The maximum absolute atomic E-state index is 10.4. The summed E-state index contributed by atoms with van der Waals surface area (Å²) < 4.78 is 12.3. The molecule has 0 aliphatic carbocycles. The summed E-state index contributed by atoms with van der Waals surface area (Å²) in [5.74, 6) is 1.88. The first-order chi connectivity index (χ1) is 13.6. The molecule has 1 spiro atoms. The number of phenols is 1. The van der Waals surface area contributed by atoms with Gasteiger partial charge in [0.15, 0.2) is 11.5 Å². The molecule has 1 atom stereocenters. The molecule has 2 aromatic rings. The minimum absolute atomic E-state index is 0.0804. The number of piperidine rings is 1. The number of methoxy groups -OCH3 is 1. The second-order valence-electron chi connectivity index (χ2n) is 7.86. The Morgan fingerprint density at radius 1 is 1.14 bits per heavy atom. The molecule has 0 radical (unpaired) electrons. The molecule has 1 unspecified atom stereocenters. The molecule has 146 valence electrons. The van der Waals surface area contributed by atoms with Crippen molar-refractivity contribution in [3.8, 4) is 17.2 Å². The van der Waals surface area contributed by atoms with Gasteiger partial charge in [-0.1, -0.05) is 24.3 Å². The summed E-state index contributed by atoms with van der Waals surface area (Å²) in [5, 5.41) is 17.5. The average Bonchev–Trinajstić information content (AvgIpc) is 3.17. The van der Waals surface area contributed by atoms with Gasteiger partial charge >= 0.3 is 0 Å². The highest BCUT2D eigenvalue weighted by atomic mass is 16.5. The fourth-order valence-corrected chi connectivity index (χ4v) is 4.61. The van der Waals surface area contributed by atoms with Crippen molar-refractivity contribution < 1.29 is 14.6 Å². The van der Waals surface area contributed by atoms with Crippen LogP contribution in [-0.2, 0) is 0 Å². The number of hydrogen-bond acceptors (Lipinski definition) is 6. The largest absolute Gasteiger partial charge is 0.507 e. The molecule has 3 aliphatic heterocycles. The normalized spacial score (nSPS) is 23.0. The van der Waals surface area contributed by atoms with E-state index in [1.807, 2.05) is 30.3 Å². The van der Waals surface area contributed by atoms with E-state index in [9.17, 15) is 5.11 Å². The predicted molar refractivity (Wildman–Crippen MR) is 107 cm³/mol. The molecule has 5 rings (SSSR count). The van der Waals surface area contributed by atoms with Crippen LogP contribution >= 0.6 is 0 Å². The second-order valence-corrected chi connectivity index (χ2v) is 7.86. The zero-order valence-corrected chi connectivity index (χ0v) is 16.3. The van der Waals surface area contributed by atoms with E-state index in [0.29, 0.717) is 0 Å². The second kappa shape index (κ2) is 6.41. The topological polar surface area (TPSA) is 57.5 Å². The van der Waals surface area contributed by atoms with E-state index in [-0.39, 0.29) is 11.8 Å². The minimum atomic E-state index is -0.481. The zero-order chi connectivity index (χ0) is 19.3. The van der Waals surface area contributed by atoms with Crippen molar-refractivity contribution in [3.63, 3.8) is 0 Å². The molecule has 0 bridgehead atoms. The van der Waals surface area contributed by atoms with Crippen molar-refractivity contribution in [2.75, 3.05) is 27.2 Å². The van der Waals surface area contributed by atoms with E-state index in [1.54, 1.807) is 13.2 Å². The van der Waals surface area contributed by atoms with Gasteiger partial charge in [0.05, 0.1) is 18.9 Å². The van der Waals surface area contributed by atoms with E-state index >= 15 is 0 Å². The first-order valence-corrected chi connectivity index (χ1v) is 9.81. The highest BCUT2D eigenvalue weighted by Crippen LogP contribution is 2.52. The number of ether oxygens (including phenoxy) is 2. The van der Waals surface area contributed by atoms with Crippen LogP contribution in [0.3, 0.4) is 0 Å². The van der Waals surface area contributed by atoms with E-state index in [2.05, 4.69) is 23.0 Å². The van der Waals surface area contributed by atoms with Crippen molar-refractivity contribution in [2.24, 2.45) is 5.10 Å². The highest BCUT2D eigenvalue weighted by Gasteiger charge is 2.52. The number of rotatable bonds is 2. The number of phenolic OH excluding ortho intramolecular Hbond substituents is 1. The lowest BCUT2D eigenvalue weighted by Gasteiger charge is -2.50. The molecule has 0 aromatic heterocycles. The summed E-state index contributed by atoms with van der Waals surface area (Å²) in [5.41, 5.74) is 2.31. The third kappa shape index (κ3) is 2.55. The van der Waals surface area contributed by atoms with Gasteiger partial charge in [-0.3, -0.25) is 0 Å². The third-order valence-electron chi connectivity index (χ3n) is 6.19. The molecule has 6 nitrogen and oxygen atoms in total. The Bertz CT molecular complexity index is 934. The maximum Gasteiger partial charge on any atom is 0.200 e. The quantitative estimate of drug-likeness (QED) is 0.867. The van der Waals surface area contributed by atoms with E-state index < -0.39 is 5.72 Å². The fraction of sp³-hybridized carbons (Fsp3) is 0.409. The van der Waals surface area contributed by atoms with Gasteiger partial charge in [0.25, 0.3) is 0 Å². The Kier molecular flexibility index (Phi) is 3.98. The van der Waals surface area contributed by atoms with Crippen LogP contribution in [0.1, 0.15) is 36.4 Å². The average molecular weight is 379 g/mol. The van der Waals surface area contributed by atoms with E-state index in [0.717, 1.165) is 60.7 Å². The van der Waals surface area contributed by atoms with Crippen LogP contribution in [0.5, 0.6) is 17.2 Å². The molecule has 1 saturated heterocycles. The van der Waals surface area contributed by atoms with Crippen LogP contribution in [0, 0.1) is 0 Å². The summed E-state index contributed by atoms with van der Waals surface area (Å²) in [6, 6.07) is 13.6. The predicted octanol–water partition coefficient (Wildman–Crippen LogP) is 3.37. The molecule has 1 N–H and O–H groups in total. The number of fused-ring (bicyclic) bond motifs is 4. The standard InChI is InChI=1S/C22H25N3O3/c1-24-12-10-22(11-13-24)25-18(16-7-5-9-20(27-2)21(16)28-22)14-17(23-25)15-6-3-4-8-19(15)26/h3-9,18,26H,10-14H2,1-2H3. The lowest BCUT2D eigenvalue weighted by Crippen LogP contribution is -2.58. The number of aromatic hydroxyl groups is 1. The van der Waals surface area contributed by atoms with Gasteiger partial charge in [0.2, 0.25) is 5.72 Å². The van der Waals surface area contributed by atoms with Gasteiger partial charge in [-0.2, -0.15) is 5.10 Å². The molecule has 3 heterocycles. The van der Waals surface area contributed by atoms with Crippen LogP contribution in [0.25, 0.3) is 0 Å². The van der Waals surface area contributed by atoms with Crippen LogP contribution in [0.2, 0.25) is 0 Å². The van der Waals surface area contributed by atoms with Crippen molar-refractivity contribution in [1.82, 2.24) is 9.91 Å². The number of benzene rings is 2. The Hall–Kier alpha value is -2.73. The smallest absolute Gasteiger partial charge is 0.200 e. The van der Waals surface area contributed by atoms with Crippen LogP contribution < -0.4 is 9.47 Å². The maximum atomic E-state index is 10.4. The molecule has 3 aliphatic rings. The molecule has 0 saturated carbocycles. The number of para-hydroxylation sites is 2. The van der Waals surface area contributed by atoms with Gasteiger partial charge in [0, 0.05) is 43.5 Å². The third-order valence-corrected chi connectivity index (χ3v) is 6.19. The summed E-state index contributed by atoms with van der Waals surface area (Å²) >= 11 is 0.